The van der Waals surface area contributed by atoms with Gasteiger partial charge in [0, 0.05) is 17.2 Å². The van der Waals surface area contributed by atoms with Crippen LogP contribution in [0.1, 0.15) is 67.8 Å². The first-order valence-corrected chi connectivity index (χ1v) is 11.2. The molecular weight excluding hydrogens is 386 g/mol. The van der Waals surface area contributed by atoms with Crippen molar-refractivity contribution in [3.8, 4) is 0 Å². The van der Waals surface area contributed by atoms with E-state index >= 15 is 0 Å². The zero-order chi connectivity index (χ0) is 20.9. The van der Waals surface area contributed by atoms with E-state index in [-0.39, 0.29) is 24.5 Å². The van der Waals surface area contributed by atoms with Gasteiger partial charge in [-0.1, -0.05) is 18.2 Å². The first kappa shape index (κ1) is 21.7. The lowest BCUT2D eigenvalue weighted by atomic mass is 9.79. The maximum absolute atomic E-state index is 11.1. The molecule has 2 heterocycles. The van der Waals surface area contributed by atoms with E-state index in [0.717, 1.165) is 56.1 Å². The Morgan fingerprint density at radius 3 is 2.17 bits per heavy atom. The van der Waals surface area contributed by atoms with Gasteiger partial charge in [-0.15, -0.1) is 0 Å². The number of aliphatic carboxylic acids is 1. The number of nitrogens with two attached hydrogens (primary N) is 1. The average Bonchev–Trinajstić information content (AvgIpc) is 3.47. The number of benzene rings is 1. The van der Waals surface area contributed by atoms with Gasteiger partial charge < -0.3 is 29.8 Å². The largest absolute Gasteiger partial charge is 0.481 e. The second kappa shape index (κ2) is 10.2. The first-order valence-electron chi connectivity index (χ1n) is 11.2. The molecule has 1 atom stereocenters. The number of hydrogen-bond acceptors (Lipinski definition) is 6. The van der Waals surface area contributed by atoms with Crippen molar-refractivity contribution < 1.29 is 28.8 Å². The predicted octanol–water partition coefficient (Wildman–Crippen LogP) is 3.32. The molecule has 0 radical (unpaired) electrons. The Bertz CT molecular complexity index is 706. The Hall–Kier alpha value is -1.51. The molecule has 0 aromatic heterocycles. The molecule has 0 bridgehead atoms. The fraction of sp³-hybridized carbons (Fsp3) is 0.696. The summed E-state index contributed by atoms with van der Waals surface area (Å²) in [5, 5.41) is 9.15. The third-order valence-electron chi connectivity index (χ3n) is 6.54. The van der Waals surface area contributed by atoms with Crippen molar-refractivity contribution in [2.75, 3.05) is 26.4 Å². The minimum absolute atomic E-state index is 0.125. The van der Waals surface area contributed by atoms with Crippen molar-refractivity contribution in [2.45, 2.75) is 63.6 Å². The van der Waals surface area contributed by atoms with Gasteiger partial charge in [-0.2, -0.15) is 0 Å². The van der Waals surface area contributed by atoms with Crippen LogP contribution >= 0.6 is 0 Å². The van der Waals surface area contributed by atoms with Crippen LogP contribution in [0.2, 0.25) is 0 Å². The topological polar surface area (TPSA) is 100 Å². The number of hydrogen-bond donors (Lipinski definition) is 2. The summed E-state index contributed by atoms with van der Waals surface area (Å²) >= 11 is 0. The zero-order valence-corrected chi connectivity index (χ0v) is 17.5. The Labute approximate surface area is 177 Å². The molecule has 1 aromatic rings. The van der Waals surface area contributed by atoms with Crippen molar-refractivity contribution in [2.24, 2.45) is 17.6 Å². The first-order chi connectivity index (χ1) is 14.6. The predicted molar refractivity (Wildman–Crippen MR) is 110 cm³/mol. The van der Waals surface area contributed by atoms with Crippen LogP contribution in [0.5, 0.6) is 0 Å². The fourth-order valence-electron chi connectivity index (χ4n) is 4.82. The highest BCUT2D eigenvalue weighted by molar-refractivity contribution is 5.69. The molecule has 3 fully saturated rings. The monoisotopic (exact) mass is 419 g/mol. The molecular formula is C23H33NO6. The lowest BCUT2D eigenvalue weighted by molar-refractivity contribution is -0.143. The molecule has 7 nitrogen and oxygen atoms in total. The van der Waals surface area contributed by atoms with Crippen molar-refractivity contribution >= 4 is 5.97 Å². The molecule has 2 aliphatic heterocycles. The van der Waals surface area contributed by atoms with Gasteiger partial charge in [0.1, 0.15) is 0 Å². The number of aryl methyl sites for hydroxylation is 1. The van der Waals surface area contributed by atoms with Gasteiger partial charge >= 0.3 is 5.97 Å². The highest BCUT2D eigenvalue weighted by atomic mass is 16.7. The van der Waals surface area contributed by atoms with Gasteiger partial charge in [0.25, 0.3) is 0 Å². The van der Waals surface area contributed by atoms with Crippen molar-refractivity contribution in [3.63, 3.8) is 0 Å². The van der Waals surface area contributed by atoms with Crippen LogP contribution in [0.4, 0.5) is 0 Å². The Kier molecular flexibility index (Phi) is 7.38. The smallest absolute Gasteiger partial charge is 0.306 e. The number of carbonyl (C=O) groups is 1. The molecule has 0 spiro atoms. The van der Waals surface area contributed by atoms with Crippen LogP contribution < -0.4 is 5.73 Å². The third kappa shape index (κ3) is 5.39. The van der Waals surface area contributed by atoms with E-state index in [1.807, 2.05) is 0 Å². The van der Waals surface area contributed by atoms with Crippen molar-refractivity contribution in [3.05, 3.63) is 34.9 Å². The summed E-state index contributed by atoms with van der Waals surface area (Å²) in [5.41, 5.74) is 9.59. The molecule has 7 heteroatoms. The van der Waals surface area contributed by atoms with Crippen LogP contribution in [-0.4, -0.2) is 43.5 Å². The van der Waals surface area contributed by atoms with Crippen LogP contribution in [-0.2, 0) is 30.2 Å². The third-order valence-corrected chi connectivity index (χ3v) is 6.54. The summed E-state index contributed by atoms with van der Waals surface area (Å²) in [5.74, 6) is -0.270. The van der Waals surface area contributed by atoms with E-state index in [0.29, 0.717) is 32.3 Å². The molecule has 1 unspecified atom stereocenters. The van der Waals surface area contributed by atoms with E-state index in [1.54, 1.807) is 0 Å². The number of rotatable bonds is 8. The lowest BCUT2D eigenvalue weighted by Gasteiger charge is -2.28. The van der Waals surface area contributed by atoms with E-state index in [2.05, 4.69) is 18.2 Å². The molecule has 30 heavy (non-hydrogen) atoms. The molecule has 1 aromatic carbocycles. The van der Waals surface area contributed by atoms with E-state index in [4.69, 9.17) is 29.8 Å². The van der Waals surface area contributed by atoms with Gasteiger partial charge in [-0.05, 0) is 56.4 Å². The molecule has 0 amide bonds. The van der Waals surface area contributed by atoms with Gasteiger partial charge in [0.2, 0.25) is 0 Å². The molecule has 3 aliphatic rings. The van der Waals surface area contributed by atoms with E-state index < -0.39 is 5.97 Å². The normalized spacial score (nSPS) is 26.8. The Morgan fingerprint density at radius 1 is 0.967 bits per heavy atom. The SMILES string of the molecule is NC(CCc1ccc(C2OCCO2)c(C2OCCO2)c1)C[C@H]1CC[C@H](C(=O)O)CC1. The highest BCUT2D eigenvalue weighted by Crippen LogP contribution is 2.35. The van der Waals surface area contributed by atoms with Crippen molar-refractivity contribution in [1.29, 1.82) is 0 Å². The summed E-state index contributed by atoms with van der Waals surface area (Å²) in [6.45, 7) is 2.38. The molecule has 1 saturated carbocycles. The van der Waals surface area contributed by atoms with Gasteiger partial charge in [0.15, 0.2) is 12.6 Å². The highest BCUT2D eigenvalue weighted by Gasteiger charge is 2.29. The Morgan fingerprint density at radius 2 is 1.57 bits per heavy atom. The molecule has 4 rings (SSSR count). The minimum Gasteiger partial charge on any atom is -0.481 e. The number of carboxylic acids is 1. The minimum atomic E-state index is -0.652. The van der Waals surface area contributed by atoms with E-state index in [9.17, 15) is 4.79 Å². The van der Waals surface area contributed by atoms with Gasteiger partial charge in [-0.25, -0.2) is 0 Å². The average molecular weight is 420 g/mol. The van der Waals surface area contributed by atoms with Gasteiger partial charge in [-0.3, -0.25) is 4.79 Å². The maximum Gasteiger partial charge on any atom is 0.306 e. The summed E-state index contributed by atoms with van der Waals surface area (Å²) in [4.78, 5) is 11.1. The molecule has 166 valence electrons. The second-order valence-corrected chi connectivity index (χ2v) is 8.70. The van der Waals surface area contributed by atoms with Crippen LogP contribution in [0.25, 0.3) is 0 Å². The summed E-state index contributed by atoms with van der Waals surface area (Å²) in [6.07, 6.45) is 5.54. The maximum atomic E-state index is 11.1. The van der Waals surface area contributed by atoms with Gasteiger partial charge in [0.05, 0.1) is 32.3 Å². The molecule has 1 aliphatic carbocycles. The molecule has 3 N–H and O–H groups in total. The van der Waals surface area contributed by atoms with Crippen molar-refractivity contribution in [1.82, 2.24) is 0 Å². The second-order valence-electron chi connectivity index (χ2n) is 8.70. The van der Waals surface area contributed by atoms with E-state index in [1.165, 1.54) is 5.56 Å². The van der Waals surface area contributed by atoms with Crippen LogP contribution in [0.15, 0.2) is 18.2 Å². The van der Waals surface area contributed by atoms with Crippen LogP contribution in [0.3, 0.4) is 0 Å². The fourth-order valence-corrected chi connectivity index (χ4v) is 4.82. The quantitative estimate of drug-likeness (QED) is 0.667. The number of carboxylic acid groups (broad SMARTS) is 1. The molecule has 2 saturated heterocycles. The zero-order valence-electron chi connectivity index (χ0n) is 17.5. The summed E-state index contributed by atoms with van der Waals surface area (Å²) < 4.78 is 22.9. The lowest BCUT2D eigenvalue weighted by Crippen LogP contribution is -2.28. The summed E-state index contributed by atoms with van der Waals surface area (Å²) in [7, 11) is 0. The Balaban J connectivity index is 1.32. The number of ether oxygens (including phenoxy) is 4. The van der Waals surface area contributed by atoms with Crippen LogP contribution in [0, 0.1) is 11.8 Å². The summed E-state index contributed by atoms with van der Waals surface area (Å²) in [6, 6.07) is 6.44. The standard InChI is InChI=1S/C23H33NO6/c24-18(13-15-1-5-17(6-2-15)21(25)26)7-3-16-4-8-19(22-27-9-10-28-22)20(14-16)23-29-11-12-30-23/h4,8,14-15,17-18,22-23H,1-3,5-7,9-13,24H2,(H,25,26)/t15-,17-,18?.